The molecule has 152 valence electrons. The van der Waals surface area contributed by atoms with E-state index in [0.29, 0.717) is 11.4 Å². The Morgan fingerprint density at radius 3 is 2.29 bits per heavy atom. The standard InChI is InChI=1S/C18H22N2O6S2/c1-12-3-8-17(26-2)18(9-12)28(24,25)20-14-6-4-13(5-7-14)19-15-10-27(22,23)11-16(15)21/h3-9,15-16,19-21H,10-11H2,1-2H3/t15-,16-/m0/s1. The lowest BCUT2D eigenvalue weighted by atomic mass is 10.2. The fraction of sp³-hybridized carbons (Fsp3) is 0.333. The van der Waals surface area contributed by atoms with Gasteiger partial charge < -0.3 is 15.2 Å². The first kappa shape index (κ1) is 20.4. The van der Waals surface area contributed by atoms with Crippen LogP contribution in [0.2, 0.25) is 0 Å². The van der Waals surface area contributed by atoms with E-state index in [1.165, 1.54) is 13.2 Å². The molecule has 3 N–H and O–H groups in total. The van der Waals surface area contributed by atoms with Crippen molar-refractivity contribution in [2.24, 2.45) is 0 Å². The van der Waals surface area contributed by atoms with E-state index in [1.54, 1.807) is 43.3 Å². The maximum atomic E-state index is 12.7. The van der Waals surface area contributed by atoms with Gasteiger partial charge in [-0.25, -0.2) is 16.8 Å². The minimum atomic E-state index is -3.85. The Hall–Kier alpha value is -2.30. The van der Waals surface area contributed by atoms with Crippen molar-refractivity contribution in [1.29, 1.82) is 0 Å². The Morgan fingerprint density at radius 2 is 1.71 bits per heavy atom. The van der Waals surface area contributed by atoms with Crippen molar-refractivity contribution in [3.63, 3.8) is 0 Å². The fourth-order valence-electron chi connectivity index (χ4n) is 3.02. The Balaban J connectivity index is 1.75. The van der Waals surface area contributed by atoms with E-state index in [9.17, 15) is 21.9 Å². The molecule has 0 aliphatic carbocycles. The number of aliphatic hydroxyl groups is 1. The summed E-state index contributed by atoms with van der Waals surface area (Å²) < 4.78 is 56.2. The monoisotopic (exact) mass is 426 g/mol. The van der Waals surface area contributed by atoms with Crippen LogP contribution in [0.5, 0.6) is 5.75 Å². The number of aliphatic hydroxyl groups excluding tert-OH is 1. The summed E-state index contributed by atoms with van der Waals surface area (Å²) in [7, 11) is -5.70. The first-order valence-corrected chi connectivity index (χ1v) is 11.8. The van der Waals surface area contributed by atoms with Crippen molar-refractivity contribution in [2.75, 3.05) is 28.7 Å². The van der Waals surface area contributed by atoms with Crippen molar-refractivity contribution >= 4 is 31.2 Å². The third kappa shape index (κ3) is 4.57. The molecule has 0 radical (unpaired) electrons. The summed E-state index contributed by atoms with van der Waals surface area (Å²) in [5.74, 6) is -0.163. The third-order valence-electron chi connectivity index (χ3n) is 4.42. The van der Waals surface area contributed by atoms with Crippen molar-refractivity contribution in [2.45, 2.75) is 24.0 Å². The number of anilines is 2. The van der Waals surface area contributed by atoms with Crippen molar-refractivity contribution in [3.05, 3.63) is 48.0 Å². The normalized spacial score (nSPS) is 21.2. The number of sulfonamides is 1. The molecule has 0 bridgehead atoms. The lowest BCUT2D eigenvalue weighted by molar-refractivity contribution is 0.190. The number of benzene rings is 2. The summed E-state index contributed by atoms with van der Waals surface area (Å²) in [6.07, 6.45) is -0.975. The molecular weight excluding hydrogens is 404 g/mol. The minimum Gasteiger partial charge on any atom is -0.495 e. The molecule has 2 aromatic rings. The maximum Gasteiger partial charge on any atom is 0.265 e. The van der Waals surface area contributed by atoms with Gasteiger partial charge in [-0.1, -0.05) is 6.07 Å². The molecule has 1 heterocycles. The second-order valence-electron chi connectivity index (χ2n) is 6.73. The Labute approximate surface area is 164 Å². The van der Waals surface area contributed by atoms with Crippen molar-refractivity contribution in [1.82, 2.24) is 0 Å². The van der Waals surface area contributed by atoms with Crippen LogP contribution in [0.1, 0.15) is 5.56 Å². The molecule has 1 saturated heterocycles. The summed E-state index contributed by atoms with van der Waals surface area (Å²) in [6.45, 7) is 1.79. The van der Waals surface area contributed by atoms with Crippen molar-refractivity contribution < 1.29 is 26.7 Å². The number of ether oxygens (including phenoxy) is 1. The molecule has 0 saturated carbocycles. The summed E-state index contributed by atoms with van der Waals surface area (Å²) in [6, 6.07) is 10.6. The van der Waals surface area contributed by atoms with Crippen LogP contribution in [0.25, 0.3) is 0 Å². The number of aryl methyl sites for hydroxylation is 1. The molecule has 1 aliphatic heterocycles. The van der Waals surface area contributed by atoms with E-state index in [-0.39, 0.29) is 22.2 Å². The van der Waals surface area contributed by atoms with Gasteiger partial charge >= 0.3 is 0 Å². The van der Waals surface area contributed by atoms with Crippen LogP contribution in [0.4, 0.5) is 11.4 Å². The van der Waals surface area contributed by atoms with Gasteiger partial charge in [0.15, 0.2) is 9.84 Å². The number of hydrogen-bond acceptors (Lipinski definition) is 7. The summed E-state index contributed by atoms with van der Waals surface area (Å²) in [4.78, 5) is 0.0384. The molecule has 2 aromatic carbocycles. The Morgan fingerprint density at radius 1 is 1.07 bits per heavy atom. The van der Waals surface area contributed by atoms with E-state index in [4.69, 9.17) is 4.74 Å². The van der Waals surface area contributed by atoms with Gasteiger partial charge in [0.05, 0.1) is 30.8 Å². The van der Waals surface area contributed by atoms with Gasteiger partial charge in [0.2, 0.25) is 0 Å². The lowest BCUT2D eigenvalue weighted by Gasteiger charge is -2.17. The van der Waals surface area contributed by atoms with Gasteiger partial charge in [-0.15, -0.1) is 0 Å². The average molecular weight is 427 g/mol. The number of sulfone groups is 1. The van der Waals surface area contributed by atoms with Crippen LogP contribution in [0.3, 0.4) is 0 Å². The van der Waals surface area contributed by atoms with Crippen LogP contribution >= 0.6 is 0 Å². The molecule has 1 fully saturated rings. The molecule has 28 heavy (non-hydrogen) atoms. The smallest absolute Gasteiger partial charge is 0.265 e. The van der Waals surface area contributed by atoms with E-state index in [2.05, 4.69) is 10.0 Å². The molecule has 0 spiro atoms. The maximum absolute atomic E-state index is 12.7. The molecule has 10 heteroatoms. The van der Waals surface area contributed by atoms with Gasteiger partial charge in [0.1, 0.15) is 10.6 Å². The van der Waals surface area contributed by atoms with E-state index in [1.807, 2.05) is 0 Å². The van der Waals surface area contributed by atoms with Crippen LogP contribution in [-0.2, 0) is 19.9 Å². The van der Waals surface area contributed by atoms with Crippen LogP contribution < -0.4 is 14.8 Å². The summed E-state index contributed by atoms with van der Waals surface area (Å²) in [5.41, 5.74) is 1.71. The quantitative estimate of drug-likeness (QED) is 0.638. The number of methoxy groups -OCH3 is 1. The van der Waals surface area contributed by atoms with Gasteiger partial charge in [0.25, 0.3) is 10.0 Å². The lowest BCUT2D eigenvalue weighted by Crippen LogP contribution is -2.31. The number of rotatable bonds is 6. The zero-order valence-corrected chi connectivity index (χ0v) is 17.0. The predicted molar refractivity (Wildman–Crippen MR) is 107 cm³/mol. The fourth-order valence-corrected chi connectivity index (χ4v) is 6.07. The zero-order chi connectivity index (χ0) is 20.5. The summed E-state index contributed by atoms with van der Waals surface area (Å²) in [5, 5.41) is 12.8. The van der Waals surface area contributed by atoms with Gasteiger partial charge in [-0.3, -0.25) is 4.72 Å². The molecule has 0 amide bonds. The van der Waals surface area contributed by atoms with E-state index < -0.39 is 32.0 Å². The summed E-state index contributed by atoms with van der Waals surface area (Å²) >= 11 is 0. The second kappa shape index (κ2) is 7.61. The van der Waals surface area contributed by atoms with E-state index >= 15 is 0 Å². The average Bonchev–Trinajstić information content (AvgIpc) is 2.88. The molecule has 2 atom stereocenters. The highest BCUT2D eigenvalue weighted by molar-refractivity contribution is 7.93. The highest BCUT2D eigenvalue weighted by Crippen LogP contribution is 2.27. The third-order valence-corrected chi connectivity index (χ3v) is 7.54. The highest BCUT2D eigenvalue weighted by Gasteiger charge is 2.36. The predicted octanol–water partition coefficient (Wildman–Crippen LogP) is 1.37. The number of nitrogens with one attached hydrogen (secondary N) is 2. The largest absolute Gasteiger partial charge is 0.495 e. The van der Waals surface area contributed by atoms with Gasteiger partial charge in [-0.05, 0) is 48.9 Å². The molecule has 1 aliphatic rings. The van der Waals surface area contributed by atoms with Crippen LogP contribution in [0, 0.1) is 6.92 Å². The van der Waals surface area contributed by atoms with Crippen LogP contribution in [0.15, 0.2) is 47.4 Å². The molecule has 3 rings (SSSR count). The second-order valence-corrected chi connectivity index (χ2v) is 10.5. The van der Waals surface area contributed by atoms with Crippen LogP contribution in [-0.4, -0.2) is 52.7 Å². The van der Waals surface area contributed by atoms with Gasteiger partial charge in [0, 0.05) is 11.4 Å². The molecule has 8 nitrogen and oxygen atoms in total. The topological polar surface area (TPSA) is 122 Å². The highest BCUT2D eigenvalue weighted by atomic mass is 32.2. The molecule has 0 unspecified atom stereocenters. The molecule has 0 aromatic heterocycles. The zero-order valence-electron chi connectivity index (χ0n) is 15.4. The first-order chi connectivity index (χ1) is 13.1. The molecular formula is C18H22N2O6S2. The van der Waals surface area contributed by atoms with Gasteiger partial charge in [-0.2, -0.15) is 0 Å². The van der Waals surface area contributed by atoms with E-state index in [0.717, 1.165) is 5.56 Å². The SMILES string of the molecule is COc1ccc(C)cc1S(=O)(=O)Nc1ccc(N[C@H]2CS(=O)(=O)C[C@@H]2O)cc1. The minimum absolute atomic E-state index is 0.0384. The van der Waals surface area contributed by atoms with Crippen molar-refractivity contribution in [3.8, 4) is 5.75 Å². The Bertz CT molecular complexity index is 1070. The Kier molecular flexibility index (Phi) is 5.55. The number of hydrogen-bond donors (Lipinski definition) is 3. The first-order valence-electron chi connectivity index (χ1n) is 8.52.